The molecule has 6 heteroatoms. The SMILES string of the molecule is COc1ccc(CN2C=Cc3cc(OC)c(OC)c4c3c2cc[n+]4C)cc1.[I-]. The Bertz CT molecular complexity index is 1030. The van der Waals surface area contributed by atoms with Crippen molar-refractivity contribution in [2.75, 3.05) is 26.2 Å². The zero-order chi connectivity index (χ0) is 19.0. The molecule has 0 bridgehead atoms. The summed E-state index contributed by atoms with van der Waals surface area (Å²) in [4.78, 5) is 2.25. The van der Waals surface area contributed by atoms with Crippen LogP contribution >= 0.6 is 0 Å². The third-order valence-corrected chi connectivity index (χ3v) is 5.00. The minimum absolute atomic E-state index is 0. The molecular formula is C22H23IN2O3. The van der Waals surface area contributed by atoms with Crippen LogP contribution in [0.25, 0.3) is 17.0 Å². The Morgan fingerprint density at radius 1 is 0.964 bits per heavy atom. The fourth-order valence-electron chi connectivity index (χ4n) is 3.63. The highest BCUT2D eigenvalue weighted by Crippen LogP contribution is 2.42. The molecule has 0 fully saturated rings. The molecule has 1 aromatic heterocycles. The molecule has 5 nitrogen and oxygen atoms in total. The van der Waals surface area contributed by atoms with Crippen molar-refractivity contribution in [1.82, 2.24) is 0 Å². The molecule has 0 radical (unpaired) electrons. The fraction of sp³-hybridized carbons (Fsp3) is 0.227. The molecule has 2 aromatic carbocycles. The molecule has 28 heavy (non-hydrogen) atoms. The summed E-state index contributed by atoms with van der Waals surface area (Å²) in [6, 6.07) is 12.3. The first-order valence-electron chi connectivity index (χ1n) is 8.81. The van der Waals surface area contributed by atoms with Crippen molar-refractivity contribution in [2.45, 2.75) is 6.54 Å². The van der Waals surface area contributed by atoms with Crippen molar-refractivity contribution in [2.24, 2.45) is 7.05 Å². The summed E-state index contributed by atoms with van der Waals surface area (Å²) in [5, 5.41) is 1.16. The Hall–Kier alpha value is -2.48. The highest BCUT2D eigenvalue weighted by atomic mass is 127. The molecule has 2 heterocycles. The van der Waals surface area contributed by atoms with Crippen LogP contribution in [0.2, 0.25) is 0 Å². The summed E-state index contributed by atoms with van der Waals surface area (Å²) in [6.07, 6.45) is 6.30. The van der Waals surface area contributed by atoms with E-state index in [0.29, 0.717) is 0 Å². The highest BCUT2D eigenvalue weighted by molar-refractivity contribution is 6.03. The van der Waals surface area contributed by atoms with Gasteiger partial charge < -0.3 is 43.1 Å². The maximum atomic E-state index is 5.69. The lowest BCUT2D eigenvalue weighted by atomic mass is 10.0. The predicted octanol–water partition coefficient (Wildman–Crippen LogP) is 0.685. The van der Waals surface area contributed by atoms with Crippen molar-refractivity contribution < 1.29 is 42.8 Å². The van der Waals surface area contributed by atoms with Crippen LogP contribution in [-0.2, 0) is 13.6 Å². The molecule has 1 aliphatic heterocycles. The topological polar surface area (TPSA) is 34.8 Å². The molecule has 0 amide bonds. The van der Waals surface area contributed by atoms with Crippen LogP contribution in [0.3, 0.4) is 0 Å². The Kier molecular flexibility index (Phi) is 5.98. The third-order valence-electron chi connectivity index (χ3n) is 5.00. The van der Waals surface area contributed by atoms with Gasteiger partial charge in [-0.25, -0.2) is 0 Å². The maximum absolute atomic E-state index is 5.69. The van der Waals surface area contributed by atoms with Crippen LogP contribution in [0.15, 0.2) is 48.8 Å². The van der Waals surface area contributed by atoms with E-state index in [1.54, 1.807) is 21.3 Å². The second-order valence-electron chi connectivity index (χ2n) is 6.53. The number of hydrogen-bond donors (Lipinski definition) is 0. The monoisotopic (exact) mass is 490 g/mol. The van der Waals surface area contributed by atoms with Crippen molar-refractivity contribution in [3.8, 4) is 17.2 Å². The molecule has 146 valence electrons. The Morgan fingerprint density at radius 3 is 2.36 bits per heavy atom. The van der Waals surface area contributed by atoms with Gasteiger partial charge in [-0.2, -0.15) is 4.57 Å². The van der Waals surface area contributed by atoms with Crippen LogP contribution in [0.5, 0.6) is 17.2 Å². The second-order valence-corrected chi connectivity index (χ2v) is 6.53. The van der Waals surface area contributed by atoms with Gasteiger partial charge in [0.1, 0.15) is 12.8 Å². The first kappa shape index (κ1) is 20.3. The fourth-order valence-corrected chi connectivity index (χ4v) is 3.63. The summed E-state index contributed by atoms with van der Waals surface area (Å²) < 4.78 is 18.6. The Balaban J connectivity index is 0.00000225. The van der Waals surface area contributed by atoms with Gasteiger partial charge in [-0.1, -0.05) is 12.1 Å². The van der Waals surface area contributed by atoms with Crippen LogP contribution in [-0.4, -0.2) is 21.3 Å². The van der Waals surface area contributed by atoms with Crippen molar-refractivity contribution >= 4 is 22.7 Å². The van der Waals surface area contributed by atoms with Gasteiger partial charge in [-0.3, -0.25) is 0 Å². The van der Waals surface area contributed by atoms with Crippen LogP contribution in [0, 0.1) is 0 Å². The van der Waals surface area contributed by atoms with Gasteiger partial charge >= 0.3 is 0 Å². The molecule has 4 rings (SSSR count). The Labute approximate surface area is 182 Å². The molecule has 0 spiro atoms. The van der Waals surface area contributed by atoms with Crippen molar-refractivity contribution in [3.05, 3.63) is 59.9 Å². The average molecular weight is 490 g/mol. The number of aromatic nitrogens is 1. The van der Waals surface area contributed by atoms with Crippen LogP contribution < -0.4 is 47.7 Å². The molecule has 0 saturated carbocycles. The molecule has 0 saturated heterocycles. The standard InChI is InChI=1S/C22H23N2O3.HI/c1-23-11-10-18-20-16(13-19(26-3)22(27-4)21(20)23)9-12-24(18)14-15-5-7-17(25-2)8-6-15;/h5-13H,14H2,1-4H3;1H/q+1;/p-1. The number of benzene rings is 2. The molecule has 0 unspecified atom stereocenters. The third kappa shape index (κ3) is 3.37. The lowest BCUT2D eigenvalue weighted by Gasteiger charge is -2.26. The van der Waals surface area contributed by atoms with Gasteiger partial charge in [0, 0.05) is 18.8 Å². The summed E-state index contributed by atoms with van der Waals surface area (Å²) in [5.41, 5.74) is 4.51. The molecular weight excluding hydrogens is 467 g/mol. The summed E-state index contributed by atoms with van der Waals surface area (Å²) in [7, 11) is 7.06. The first-order valence-corrected chi connectivity index (χ1v) is 8.81. The zero-order valence-electron chi connectivity index (χ0n) is 16.4. The lowest BCUT2D eigenvalue weighted by molar-refractivity contribution is -0.645. The first-order chi connectivity index (χ1) is 13.2. The number of halogens is 1. The van der Waals surface area contributed by atoms with E-state index in [4.69, 9.17) is 14.2 Å². The van der Waals surface area contributed by atoms with Gasteiger partial charge in [0.25, 0.3) is 5.52 Å². The van der Waals surface area contributed by atoms with Crippen LogP contribution in [0.1, 0.15) is 11.1 Å². The molecule has 3 aromatic rings. The number of rotatable bonds is 5. The van der Waals surface area contributed by atoms with E-state index in [9.17, 15) is 0 Å². The summed E-state index contributed by atoms with van der Waals surface area (Å²) in [5.74, 6) is 2.35. The van der Waals surface area contributed by atoms with Gasteiger partial charge in [0.15, 0.2) is 11.9 Å². The van der Waals surface area contributed by atoms with E-state index in [1.807, 2.05) is 25.2 Å². The molecule has 0 aliphatic carbocycles. The number of hydrogen-bond acceptors (Lipinski definition) is 4. The maximum Gasteiger partial charge on any atom is 0.261 e. The quantitative estimate of drug-likeness (QED) is 0.390. The molecule has 1 aliphatic rings. The number of anilines is 1. The van der Waals surface area contributed by atoms with Crippen molar-refractivity contribution in [1.29, 1.82) is 0 Å². The smallest absolute Gasteiger partial charge is 0.261 e. The van der Waals surface area contributed by atoms with Gasteiger partial charge in [-0.15, -0.1) is 0 Å². The van der Waals surface area contributed by atoms with Crippen LogP contribution in [0.4, 0.5) is 5.69 Å². The average Bonchev–Trinajstić information content (AvgIpc) is 2.71. The highest BCUT2D eigenvalue weighted by Gasteiger charge is 2.26. The van der Waals surface area contributed by atoms with E-state index in [-0.39, 0.29) is 24.0 Å². The largest absolute Gasteiger partial charge is 1.00 e. The van der Waals surface area contributed by atoms with E-state index < -0.39 is 0 Å². The van der Waals surface area contributed by atoms with E-state index in [2.05, 4.69) is 46.1 Å². The van der Waals surface area contributed by atoms with Gasteiger partial charge in [0.05, 0.1) is 32.4 Å². The van der Waals surface area contributed by atoms with E-state index in [0.717, 1.165) is 45.9 Å². The van der Waals surface area contributed by atoms with Gasteiger partial charge in [0.2, 0.25) is 5.75 Å². The molecule has 0 atom stereocenters. The summed E-state index contributed by atoms with van der Waals surface area (Å²) in [6.45, 7) is 0.775. The number of ether oxygens (including phenoxy) is 3. The minimum Gasteiger partial charge on any atom is -1.00 e. The van der Waals surface area contributed by atoms with E-state index >= 15 is 0 Å². The second kappa shape index (κ2) is 8.26. The zero-order valence-corrected chi connectivity index (χ0v) is 18.6. The minimum atomic E-state index is 0. The normalized spacial score (nSPS) is 11.9. The number of nitrogens with zero attached hydrogens (tertiary/aromatic N) is 2. The van der Waals surface area contributed by atoms with E-state index in [1.165, 1.54) is 5.56 Å². The van der Waals surface area contributed by atoms with Gasteiger partial charge in [-0.05, 0) is 35.4 Å². The molecule has 0 N–H and O–H groups in total. The lowest BCUT2D eigenvalue weighted by Crippen LogP contribution is -3.00. The predicted molar refractivity (Wildman–Crippen MR) is 106 cm³/mol. The number of aryl methyl sites for hydroxylation is 1. The van der Waals surface area contributed by atoms with Crippen molar-refractivity contribution in [3.63, 3.8) is 0 Å². The number of methoxy groups -OCH3 is 3. The number of pyridine rings is 1. The summed E-state index contributed by atoms with van der Waals surface area (Å²) >= 11 is 0. The Morgan fingerprint density at radius 2 is 1.71 bits per heavy atom.